The van der Waals surface area contributed by atoms with Crippen LogP contribution in [0.3, 0.4) is 0 Å². The van der Waals surface area contributed by atoms with E-state index < -0.39 is 5.41 Å². The van der Waals surface area contributed by atoms with Crippen molar-refractivity contribution in [3.8, 4) is 11.1 Å². The average Bonchev–Trinajstić information content (AvgIpc) is 2.73. The lowest BCUT2D eigenvalue weighted by molar-refractivity contribution is -0.150. The van der Waals surface area contributed by atoms with Crippen LogP contribution in [0.25, 0.3) is 11.1 Å². The van der Waals surface area contributed by atoms with Crippen molar-refractivity contribution in [3.63, 3.8) is 0 Å². The molecule has 0 aromatic heterocycles. The summed E-state index contributed by atoms with van der Waals surface area (Å²) >= 11 is 0. The lowest BCUT2D eigenvalue weighted by Gasteiger charge is -2.45. The fourth-order valence-electron chi connectivity index (χ4n) is 5.04. The highest BCUT2D eigenvalue weighted by Crippen LogP contribution is 2.39. The van der Waals surface area contributed by atoms with Crippen molar-refractivity contribution in [2.75, 3.05) is 27.2 Å². The molecule has 1 aliphatic carbocycles. The predicted octanol–water partition coefficient (Wildman–Crippen LogP) is 4.39. The summed E-state index contributed by atoms with van der Waals surface area (Å²) in [4.78, 5) is 30.2. The summed E-state index contributed by atoms with van der Waals surface area (Å²) in [5.74, 6) is 0.566. The molecule has 4 rings (SSSR count). The number of rotatable bonds is 5. The van der Waals surface area contributed by atoms with Gasteiger partial charge in [-0.3, -0.25) is 9.59 Å². The third kappa shape index (κ3) is 4.00. The molecule has 2 amide bonds. The third-order valence-corrected chi connectivity index (χ3v) is 6.83. The fourth-order valence-corrected chi connectivity index (χ4v) is 5.04. The molecule has 1 saturated heterocycles. The first-order valence-corrected chi connectivity index (χ1v) is 11.1. The van der Waals surface area contributed by atoms with Crippen molar-refractivity contribution >= 4 is 11.8 Å². The van der Waals surface area contributed by atoms with Crippen LogP contribution in [-0.2, 0) is 16.0 Å². The van der Waals surface area contributed by atoms with Crippen LogP contribution in [-0.4, -0.2) is 48.8 Å². The maximum atomic E-state index is 13.5. The van der Waals surface area contributed by atoms with Gasteiger partial charge in [-0.05, 0) is 48.8 Å². The molecule has 4 nitrogen and oxygen atoms in total. The second kappa shape index (κ2) is 8.63. The Morgan fingerprint density at radius 3 is 2.37 bits per heavy atom. The van der Waals surface area contributed by atoms with Crippen LogP contribution in [0, 0.1) is 11.3 Å². The lowest BCUT2D eigenvalue weighted by atomic mass is 9.72. The Morgan fingerprint density at radius 1 is 1.00 bits per heavy atom. The van der Waals surface area contributed by atoms with Crippen molar-refractivity contribution in [3.05, 3.63) is 60.2 Å². The Labute approximate surface area is 179 Å². The Kier molecular flexibility index (Phi) is 5.94. The van der Waals surface area contributed by atoms with Crippen LogP contribution in [0.15, 0.2) is 54.6 Å². The largest absolute Gasteiger partial charge is 0.348 e. The van der Waals surface area contributed by atoms with Crippen molar-refractivity contribution in [1.82, 2.24) is 9.80 Å². The highest BCUT2D eigenvalue weighted by Gasteiger charge is 2.45. The lowest BCUT2D eigenvalue weighted by Crippen LogP contribution is -2.55. The van der Waals surface area contributed by atoms with Gasteiger partial charge in [0.2, 0.25) is 11.8 Å². The van der Waals surface area contributed by atoms with Gasteiger partial charge in [0.25, 0.3) is 0 Å². The number of hydrogen-bond donors (Lipinski definition) is 0. The Hall–Kier alpha value is -2.62. The molecular weight excluding hydrogens is 372 g/mol. The van der Waals surface area contributed by atoms with Gasteiger partial charge in [0.1, 0.15) is 0 Å². The second-order valence-electron chi connectivity index (χ2n) is 9.17. The molecule has 2 fully saturated rings. The first-order valence-electron chi connectivity index (χ1n) is 11.1. The number of amides is 2. The molecule has 0 spiro atoms. The van der Waals surface area contributed by atoms with Crippen molar-refractivity contribution < 1.29 is 9.59 Å². The summed E-state index contributed by atoms with van der Waals surface area (Å²) in [5.41, 5.74) is 2.95. The van der Waals surface area contributed by atoms with Gasteiger partial charge in [0.05, 0.1) is 5.41 Å². The van der Waals surface area contributed by atoms with Gasteiger partial charge in [0.15, 0.2) is 0 Å². The molecule has 1 aliphatic heterocycles. The van der Waals surface area contributed by atoms with E-state index in [4.69, 9.17) is 0 Å². The molecule has 0 bridgehead atoms. The van der Waals surface area contributed by atoms with Crippen LogP contribution in [0.4, 0.5) is 0 Å². The minimum Gasteiger partial charge on any atom is -0.348 e. The van der Waals surface area contributed by atoms with Gasteiger partial charge in [0, 0.05) is 33.1 Å². The van der Waals surface area contributed by atoms with E-state index in [1.165, 1.54) is 16.7 Å². The van der Waals surface area contributed by atoms with E-state index >= 15 is 0 Å². The van der Waals surface area contributed by atoms with Crippen molar-refractivity contribution in [2.24, 2.45) is 11.3 Å². The van der Waals surface area contributed by atoms with E-state index in [9.17, 15) is 9.59 Å². The molecule has 2 aliphatic rings. The molecule has 4 heteroatoms. The summed E-state index contributed by atoms with van der Waals surface area (Å²) in [6, 6.07) is 18.7. The van der Waals surface area contributed by atoms with Crippen LogP contribution >= 0.6 is 0 Å². The summed E-state index contributed by atoms with van der Waals surface area (Å²) in [6.45, 7) is 1.31. The normalized spacial score (nSPS) is 21.7. The molecule has 0 radical (unpaired) electrons. The molecule has 1 unspecified atom stereocenters. The third-order valence-electron chi connectivity index (χ3n) is 6.83. The first-order chi connectivity index (χ1) is 14.5. The molecule has 1 heterocycles. The standard InChI is InChI=1S/C26H32N2O2/c1-27(2)25(30)26(16-9-17-28(19-26)24(29)21-13-8-14-21)18-22-12-6-7-15-23(22)20-10-4-3-5-11-20/h3-7,10-12,15,21H,8-9,13-14,16-19H2,1-2H3. The monoisotopic (exact) mass is 404 g/mol. The predicted molar refractivity (Wildman–Crippen MR) is 120 cm³/mol. The van der Waals surface area contributed by atoms with Crippen LogP contribution in [0.1, 0.15) is 37.7 Å². The molecule has 1 saturated carbocycles. The van der Waals surface area contributed by atoms with Crippen molar-refractivity contribution in [1.29, 1.82) is 0 Å². The molecule has 0 N–H and O–H groups in total. The Balaban J connectivity index is 1.67. The summed E-state index contributed by atoms with van der Waals surface area (Å²) < 4.78 is 0. The Bertz CT molecular complexity index is 904. The minimum absolute atomic E-state index is 0.136. The number of carbonyl (C=O) groups is 2. The summed E-state index contributed by atoms with van der Waals surface area (Å²) in [7, 11) is 3.67. The van der Waals surface area contributed by atoms with E-state index in [0.29, 0.717) is 13.0 Å². The molecule has 158 valence electrons. The van der Waals surface area contributed by atoms with Crippen LogP contribution in [0.5, 0.6) is 0 Å². The van der Waals surface area contributed by atoms with E-state index in [1.807, 2.05) is 37.2 Å². The SMILES string of the molecule is CN(C)C(=O)C1(Cc2ccccc2-c2ccccc2)CCCN(C(=O)C2CCC2)C1. The number of hydrogen-bond acceptors (Lipinski definition) is 2. The van der Waals surface area contributed by atoms with Crippen molar-refractivity contribution in [2.45, 2.75) is 38.5 Å². The highest BCUT2D eigenvalue weighted by molar-refractivity contribution is 5.86. The maximum Gasteiger partial charge on any atom is 0.230 e. The zero-order valence-electron chi connectivity index (χ0n) is 18.1. The van der Waals surface area contributed by atoms with Crippen LogP contribution in [0.2, 0.25) is 0 Å². The number of piperidine rings is 1. The number of carbonyl (C=O) groups excluding carboxylic acids is 2. The molecule has 2 aromatic carbocycles. The van der Waals surface area contributed by atoms with E-state index in [0.717, 1.165) is 38.6 Å². The second-order valence-corrected chi connectivity index (χ2v) is 9.17. The summed E-state index contributed by atoms with van der Waals surface area (Å²) in [6.07, 6.45) is 5.51. The topological polar surface area (TPSA) is 40.6 Å². The first kappa shape index (κ1) is 20.6. The smallest absolute Gasteiger partial charge is 0.230 e. The number of likely N-dealkylation sites (tertiary alicyclic amines) is 1. The van der Waals surface area contributed by atoms with Gasteiger partial charge < -0.3 is 9.80 Å². The quantitative estimate of drug-likeness (QED) is 0.741. The fraction of sp³-hybridized carbons (Fsp3) is 0.462. The highest BCUT2D eigenvalue weighted by atomic mass is 16.2. The average molecular weight is 405 g/mol. The van der Waals surface area contributed by atoms with Gasteiger partial charge in [-0.1, -0.05) is 61.0 Å². The number of nitrogens with zero attached hydrogens (tertiary/aromatic N) is 2. The molecular formula is C26H32N2O2. The zero-order chi connectivity index (χ0) is 21.1. The molecule has 1 atom stereocenters. The van der Waals surface area contributed by atoms with E-state index in [-0.39, 0.29) is 17.7 Å². The van der Waals surface area contributed by atoms with E-state index in [2.05, 4.69) is 36.4 Å². The number of benzene rings is 2. The Morgan fingerprint density at radius 2 is 1.70 bits per heavy atom. The maximum absolute atomic E-state index is 13.5. The summed E-state index contributed by atoms with van der Waals surface area (Å²) in [5, 5.41) is 0. The van der Waals surface area contributed by atoms with E-state index in [1.54, 1.807) is 4.90 Å². The van der Waals surface area contributed by atoms with Gasteiger partial charge in [-0.2, -0.15) is 0 Å². The zero-order valence-corrected chi connectivity index (χ0v) is 18.1. The van der Waals surface area contributed by atoms with Gasteiger partial charge in [-0.25, -0.2) is 0 Å². The molecule has 2 aromatic rings. The van der Waals surface area contributed by atoms with Gasteiger partial charge >= 0.3 is 0 Å². The minimum atomic E-state index is -0.563. The van der Waals surface area contributed by atoms with Crippen LogP contribution < -0.4 is 0 Å². The molecule has 30 heavy (non-hydrogen) atoms. The van der Waals surface area contributed by atoms with Gasteiger partial charge in [-0.15, -0.1) is 0 Å².